The number of aryl methyl sites for hydroxylation is 1. The predicted molar refractivity (Wildman–Crippen MR) is 63.2 cm³/mol. The van der Waals surface area contributed by atoms with Crippen LogP contribution in [0.3, 0.4) is 0 Å². The molecule has 6 nitrogen and oxygen atoms in total. The molecule has 0 aliphatic heterocycles. The maximum atomic E-state index is 12.3. The van der Waals surface area contributed by atoms with Crippen LogP contribution in [-0.4, -0.2) is 30.6 Å². The van der Waals surface area contributed by atoms with Crippen molar-refractivity contribution in [1.82, 2.24) is 15.2 Å². The molecule has 2 rings (SSSR count). The van der Waals surface area contributed by atoms with Crippen molar-refractivity contribution in [2.75, 3.05) is 11.4 Å². The molecule has 0 aromatic carbocycles. The Morgan fingerprint density at radius 1 is 1.35 bits per heavy atom. The monoisotopic (exact) mass is 252 g/mol. The quantitative estimate of drug-likeness (QED) is 0.881. The summed E-state index contributed by atoms with van der Waals surface area (Å²) in [7, 11) is -2.09. The molecule has 0 aliphatic rings. The summed E-state index contributed by atoms with van der Waals surface area (Å²) in [5, 5.41) is 6.33. The minimum Gasteiger partial charge on any atom is -0.281 e. The summed E-state index contributed by atoms with van der Waals surface area (Å²) in [6, 6.07) is 3.36. The predicted octanol–water partition coefficient (Wildman–Crippen LogP) is 0.938. The van der Waals surface area contributed by atoms with Crippen LogP contribution < -0.4 is 4.31 Å². The fraction of sp³-hybridized carbons (Fsp3) is 0.200. The van der Waals surface area contributed by atoms with Crippen molar-refractivity contribution in [2.24, 2.45) is 0 Å². The molecule has 90 valence electrons. The minimum absolute atomic E-state index is 0.170. The van der Waals surface area contributed by atoms with Crippen LogP contribution in [0.5, 0.6) is 0 Å². The van der Waals surface area contributed by atoms with Crippen molar-refractivity contribution in [3.05, 3.63) is 36.4 Å². The first-order valence-corrected chi connectivity index (χ1v) is 6.36. The van der Waals surface area contributed by atoms with Gasteiger partial charge in [0.1, 0.15) is 4.90 Å². The van der Waals surface area contributed by atoms with E-state index in [2.05, 4.69) is 15.2 Å². The number of aromatic amines is 1. The molecule has 1 N–H and O–H groups in total. The zero-order valence-electron chi connectivity index (χ0n) is 9.45. The van der Waals surface area contributed by atoms with Gasteiger partial charge in [0.15, 0.2) is 0 Å². The smallest absolute Gasteiger partial charge is 0.267 e. The zero-order chi connectivity index (χ0) is 12.5. The first-order valence-electron chi connectivity index (χ1n) is 4.92. The van der Waals surface area contributed by atoms with Crippen LogP contribution in [0.4, 0.5) is 5.69 Å². The molecule has 2 aromatic rings. The van der Waals surface area contributed by atoms with Crippen LogP contribution in [0.25, 0.3) is 0 Å². The Hall–Kier alpha value is -1.89. The average molecular weight is 252 g/mol. The highest BCUT2D eigenvalue weighted by Gasteiger charge is 2.24. The number of H-pyrrole nitrogens is 1. The number of hydrogen-bond acceptors (Lipinski definition) is 4. The molecule has 0 aliphatic carbocycles. The molecule has 0 saturated carbocycles. The van der Waals surface area contributed by atoms with Crippen molar-refractivity contribution >= 4 is 15.7 Å². The Labute approximate surface area is 99.4 Å². The van der Waals surface area contributed by atoms with Gasteiger partial charge in [0.25, 0.3) is 10.0 Å². The molecule has 2 heterocycles. The normalized spacial score (nSPS) is 11.4. The minimum atomic E-state index is -3.58. The lowest BCUT2D eigenvalue weighted by Crippen LogP contribution is -2.26. The first kappa shape index (κ1) is 11.6. The summed E-state index contributed by atoms with van der Waals surface area (Å²) in [6.07, 6.45) is 4.39. The molecule has 7 heteroatoms. The topological polar surface area (TPSA) is 79.0 Å². The molecule has 0 saturated heterocycles. The van der Waals surface area contributed by atoms with Crippen molar-refractivity contribution in [2.45, 2.75) is 11.8 Å². The van der Waals surface area contributed by atoms with E-state index in [4.69, 9.17) is 0 Å². The van der Waals surface area contributed by atoms with Crippen LogP contribution in [0.2, 0.25) is 0 Å². The highest BCUT2D eigenvalue weighted by atomic mass is 32.2. The number of hydrogen-bond donors (Lipinski definition) is 1. The summed E-state index contributed by atoms with van der Waals surface area (Å²) < 4.78 is 25.7. The molecule has 17 heavy (non-hydrogen) atoms. The van der Waals surface area contributed by atoms with Crippen LogP contribution >= 0.6 is 0 Å². The molecular weight excluding hydrogens is 240 g/mol. The highest BCUT2D eigenvalue weighted by molar-refractivity contribution is 7.92. The lowest BCUT2D eigenvalue weighted by Gasteiger charge is -2.18. The number of rotatable bonds is 3. The van der Waals surface area contributed by atoms with Crippen LogP contribution in [0.1, 0.15) is 5.69 Å². The van der Waals surface area contributed by atoms with E-state index in [9.17, 15) is 8.42 Å². The molecule has 0 unspecified atom stereocenters. The van der Waals surface area contributed by atoms with E-state index >= 15 is 0 Å². The van der Waals surface area contributed by atoms with Gasteiger partial charge in [-0.05, 0) is 19.1 Å². The van der Waals surface area contributed by atoms with Gasteiger partial charge < -0.3 is 0 Å². The van der Waals surface area contributed by atoms with Crippen molar-refractivity contribution in [1.29, 1.82) is 0 Å². The van der Waals surface area contributed by atoms with E-state index in [-0.39, 0.29) is 4.90 Å². The van der Waals surface area contributed by atoms with Crippen LogP contribution in [0, 0.1) is 6.92 Å². The fourth-order valence-corrected chi connectivity index (χ4v) is 2.73. The van der Waals surface area contributed by atoms with E-state index in [0.29, 0.717) is 11.4 Å². The van der Waals surface area contributed by atoms with E-state index in [1.54, 1.807) is 25.3 Å². The zero-order valence-corrected chi connectivity index (χ0v) is 10.3. The van der Waals surface area contributed by atoms with Crippen molar-refractivity contribution in [3.8, 4) is 0 Å². The second-order valence-corrected chi connectivity index (χ2v) is 5.48. The lowest BCUT2D eigenvalue weighted by molar-refractivity contribution is 0.594. The first-order chi connectivity index (χ1) is 8.03. The third-order valence-electron chi connectivity index (χ3n) is 2.43. The number of sulfonamides is 1. The maximum Gasteiger partial charge on any atom is 0.267 e. The van der Waals surface area contributed by atoms with Gasteiger partial charge in [0.05, 0.1) is 23.8 Å². The molecule has 0 spiro atoms. The third kappa shape index (κ3) is 2.01. The van der Waals surface area contributed by atoms with Gasteiger partial charge in [-0.2, -0.15) is 5.10 Å². The summed E-state index contributed by atoms with van der Waals surface area (Å²) in [5.74, 6) is 0. The van der Waals surface area contributed by atoms with Crippen LogP contribution in [0.15, 0.2) is 35.6 Å². The van der Waals surface area contributed by atoms with Crippen LogP contribution in [-0.2, 0) is 10.0 Å². The van der Waals surface area contributed by atoms with Gasteiger partial charge in [0.2, 0.25) is 0 Å². The lowest BCUT2D eigenvalue weighted by atomic mass is 10.4. The molecule has 2 aromatic heterocycles. The summed E-state index contributed by atoms with van der Waals surface area (Å²) in [5.41, 5.74) is 1.02. The number of pyridine rings is 1. The van der Waals surface area contributed by atoms with Crippen molar-refractivity contribution < 1.29 is 8.42 Å². The number of nitrogens with one attached hydrogen (secondary N) is 1. The Kier molecular flexibility index (Phi) is 2.84. The number of nitrogens with zero attached hydrogens (tertiary/aromatic N) is 3. The summed E-state index contributed by atoms with van der Waals surface area (Å²) in [4.78, 5) is 4.06. The molecule has 0 amide bonds. The fourth-order valence-electron chi connectivity index (χ4n) is 1.43. The van der Waals surface area contributed by atoms with Gasteiger partial charge in [-0.25, -0.2) is 8.42 Å². The Bertz CT molecular complexity index is 606. The van der Waals surface area contributed by atoms with Gasteiger partial charge >= 0.3 is 0 Å². The molecule has 0 atom stereocenters. The molecular formula is C10H12N4O2S. The number of aromatic nitrogens is 3. The Morgan fingerprint density at radius 3 is 2.65 bits per heavy atom. The van der Waals surface area contributed by atoms with E-state index in [0.717, 1.165) is 0 Å². The van der Waals surface area contributed by atoms with Gasteiger partial charge in [-0.1, -0.05) is 0 Å². The summed E-state index contributed by atoms with van der Waals surface area (Å²) >= 11 is 0. The second kappa shape index (κ2) is 4.17. The molecule has 0 radical (unpaired) electrons. The highest BCUT2D eigenvalue weighted by Crippen LogP contribution is 2.21. The largest absolute Gasteiger partial charge is 0.281 e. The van der Waals surface area contributed by atoms with Gasteiger partial charge in [-0.3, -0.25) is 14.4 Å². The molecule has 0 bridgehead atoms. The average Bonchev–Trinajstić information content (AvgIpc) is 2.76. The maximum absolute atomic E-state index is 12.3. The summed E-state index contributed by atoms with van der Waals surface area (Å²) in [6.45, 7) is 1.66. The van der Waals surface area contributed by atoms with E-state index in [1.807, 2.05) is 0 Å². The Morgan fingerprint density at radius 2 is 2.12 bits per heavy atom. The Balaban J connectivity index is 2.45. The van der Waals surface area contributed by atoms with E-state index < -0.39 is 10.0 Å². The van der Waals surface area contributed by atoms with Crippen molar-refractivity contribution in [3.63, 3.8) is 0 Å². The SMILES string of the molecule is Cc1[nH]ncc1S(=O)(=O)N(C)c1cccnc1. The van der Waals surface area contributed by atoms with E-state index in [1.165, 1.54) is 23.7 Å². The number of anilines is 1. The second-order valence-electron chi connectivity index (χ2n) is 3.54. The standard InChI is InChI=1S/C10H12N4O2S/c1-8-10(7-12-13-8)17(15,16)14(2)9-4-3-5-11-6-9/h3-7H,1-2H3,(H,12,13). The van der Waals surface area contributed by atoms with Gasteiger partial charge in [-0.15, -0.1) is 0 Å². The molecule has 0 fully saturated rings. The third-order valence-corrected chi connectivity index (χ3v) is 4.33. The van der Waals surface area contributed by atoms with Gasteiger partial charge in [0, 0.05) is 13.2 Å².